The topological polar surface area (TPSA) is 66.4 Å². The Morgan fingerprint density at radius 3 is 2.94 bits per heavy atom. The second kappa shape index (κ2) is 5.82. The highest BCUT2D eigenvalue weighted by atomic mass is 32.1. The first-order valence-electron chi connectivity index (χ1n) is 5.93. The zero-order chi connectivity index (χ0) is 13.0. The van der Waals surface area contributed by atoms with Crippen LogP contribution in [0.2, 0.25) is 0 Å². The van der Waals surface area contributed by atoms with E-state index in [-0.39, 0.29) is 5.91 Å². The number of carboxylic acid groups (broad SMARTS) is 1. The van der Waals surface area contributed by atoms with Crippen LogP contribution in [0.5, 0.6) is 0 Å². The van der Waals surface area contributed by atoms with Crippen LogP contribution >= 0.6 is 11.3 Å². The van der Waals surface area contributed by atoms with E-state index in [4.69, 9.17) is 5.11 Å². The lowest BCUT2D eigenvalue weighted by Crippen LogP contribution is -2.24. The Labute approximate surface area is 109 Å². The van der Waals surface area contributed by atoms with Crippen molar-refractivity contribution >= 4 is 29.3 Å². The monoisotopic (exact) mass is 265 g/mol. The molecule has 1 aliphatic carbocycles. The first-order valence-corrected chi connectivity index (χ1v) is 6.81. The molecule has 18 heavy (non-hydrogen) atoms. The maximum Gasteiger partial charge on any atom is 0.328 e. The van der Waals surface area contributed by atoms with Gasteiger partial charge in [0.2, 0.25) is 0 Å². The van der Waals surface area contributed by atoms with Gasteiger partial charge in [0, 0.05) is 12.6 Å². The Morgan fingerprint density at radius 2 is 2.28 bits per heavy atom. The second-order valence-corrected chi connectivity index (χ2v) is 5.28. The van der Waals surface area contributed by atoms with E-state index in [0.29, 0.717) is 17.0 Å². The van der Waals surface area contributed by atoms with Crippen LogP contribution in [0, 0.1) is 5.92 Å². The Balaban J connectivity index is 1.91. The van der Waals surface area contributed by atoms with Gasteiger partial charge in [-0.15, -0.1) is 11.3 Å². The zero-order valence-corrected chi connectivity index (χ0v) is 10.7. The highest BCUT2D eigenvalue weighted by molar-refractivity contribution is 7.12. The number of thiophene rings is 1. The lowest BCUT2D eigenvalue weighted by atomic mass is 10.2. The average molecular weight is 265 g/mol. The third kappa shape index (κ3) is 3.70. The van der Waals surface area contributed by atoms with E-state index in [1.165, 1.54) is 30.3 Å². The molecule has 5 heteroatoms. The number of nitrogens with one attached hydrogen (secondary N) is 1. The maximum absolute atomic E-state index is 11.9. The summed E-state index contributed by atoms with van der Waals surface area (Å²) in [6, 6.07) is 1.75. The van der Waals surface area contributed by atoms with E-state index < -0.39 is 5.97 Å². The standard InChI is InChI=1S/C13H15NO3S/c15-11(16)4-3-10-6-8-18-12(10)13(17)14-7-5-9-1-2-9/h3-4,6,8-9H,1-2,5,7H2,(H,14,17)(H,15,16). The van der Waals surface area contributed by atoms with Crippen LogP contribution in [0.4, 0.5) is 0 Å². The van der Waals surface area contributed by atoms with Crippen molar-refractivity contribution in [2.75, 3.05) is 6.54 Å². The molecule has 2 N–H and O–H groups in total. The Bertz CT molecular complexity index is 474. The number of carboxylic acids is 1. The molecular formula is C13H15NO3S. The van der Waals surface area contributed by atoms with Gasteiger partial charge in [-0.2, -0.15) is 0 Å². The SMILES string of the molecule is O=C(O)C=Cc1ccsc1C(=O)NCCC1CC1. The minimum Gasteiger partial charge on any atom is -0.478 e. The lowest BCUT2D eigenvalue weighted by Gasteiger charge is -2.03. The van der Waals surface area contributed by atoms with Crippen LogP contribution in [-0.2, 0) is 4.79 Å². The molecule has 1 aromatic rings. The molecule has 4 nitrogen and oxygen atoms in total. The number of amides is 1. The molecule has 1 saturated carbocycles. The van der Waals surface area contributed by atoms with Gasteiger partial charge in [-0.25, -0.2) is 4.79 Å². The molecule has 0 bridgehead atoms. The fourth-order valence-corrected chi connectivity index (χ4v) is 2.47. The van der Waals surface area contributed by atoms with Crippen molar-refractivity contribution in [1.29, 1.82) is 0 Å². The second-order valence-electron chi connectivity index (χ2n) is 4.36. The summed E-state index contributed by atoms with van der Waals surface area (Å²) in [6.45, 7) is 0.698. The molecule has 0 spiro atoms. The van der Waals surface area contributed by atoms with Crippen LogP contribution in [0.25, 0.3) is 6.08 Å². The van der Waals surface area contributed by atoms with Gasteiger partial charge < -0.3 is 10.4 Å². The van der Waals surface area contributed by atoms with E-state index >= 15 is 0 Å². The quantitative estimate of drug-likeness (QED) is 0.776. The normalized spacial score (nSPS) is 14.9. The number of carbonyl (C=O) groups is 2. The summed E-state index contributed by atoms with van der Waals surface area (Å²) in [5.41, 5.74) is 0.659. The van der Waals surface area contributed by atoms with Crippen LogP contribution in [0.3, 0.4) is 0 Å². The summed E-state index contributed by atoms with van der Waals surface area (Å²) in [5, 5.41) is 13.2. The fourth-order valence-electron chi connectivity index (χ4n) is 1.67. The summed E-state index contributed by atoms with van der Waals surface area (Å²) in [4.78, 5) is 22.9. The molecule has 0 atom stereocenters. The molecule has 1 heterocycles. The molecule has 0 saturated heterocycles. The molecule has 96 valence electrons. The minimum atomic E-state index is -1.01. The van der Waals surface area contributed by atoms with Gasteiger partial charge in [-0.3, -0.25) is 4.79 Å². The van der Waals surface area contributed by atoms with E-state index in [1.807, 2.05) is 0 Å². The molecule has 1 fully saturated rings. The van der Waals surface area contributed by atoms with Gasteiger partial charge in [0.25, 0.3) is 5.91 Å². The van der Waals surface area contributed by atoms with E-state index in [0.717, 1.165) is 18.4 Å². The number of aliphatic carboxylic acids is 1. The fraction of sp³-hybridized carbons (Fsp3) is 0.385. The molecule has 1 aromatic heterocycles. The smallest absolute Gasteiger partial charge is 0.328 e. The molecule has 1 amide bonds. The maximum atomic E-state index is 11.9. The van der Waals surface area contributed by atoms with E-state index in [1.54, 1.807) is 11.4 Å². The van der Waals surface area contributed by atoms with Crippen LogP contribution < -0.4 is 5.32 Å². The summed E-state index contributed by atoms with van der Waals surface area (Å²) in [5.74, 6) is -0.336. The summed E-state index contributed by atoms with van der Waals surface area (Å²) in [6.07, 6.45) is 6.10. The number of hydrogen-bond acceptors (Lipinski definition) is 3. The first kappa shape index (κ1) is 12.8. The molecule has 0 aliphatic heterocycles. The summed E-state index contributed by atoms with van der Waals surface area (Å²) >= 11 is 1.33. The molecule has 0 radical (unpaired) electrons. The Kier molecular flexibility index (Phi) is 4.15. The highest BCUT2D eigenvalue weighted by Gasteiger charge is 2.21. The van der Waals surface area contributed by atoms with Gasteiger partial charge in [0.05, 0.1) is 4.88 Å². The van der Waals surface area contributed by atoms with E-state index in [2.05, 4.69) is 5.32 Å². The van der Waals surface area contributed by atoms with Crippen molar-refractivity contribution in [1.82, 2.24) is 5.32 Å². The Hall–Kier alpha value is -1.62. The predicted octanol–water partition coefficient (Wildman–Crippen LogP) is 2.38. The van der Waals surface area contributed by atoms with Crippen molar-refractivity contribution in [3.63, 3.8) is 0 Å². The van der Waals surface area contributed by atoms with Gasteiger partial charge in [-0.1, -0.05) is 12.8 Å². The van der Waals surface area contributed by atoms with Gasteiger partial charge in [-0.05, 0) is 35.4 Å². The third-order valence-corrected chi connectivity index (χ3v) is 3.77. The third-order valence-electron chi connectivity index (χ3n) is 2.84. The Morgan fingerprint density at radius 1 is 1.50 bits per heavy atom. The molecule has 2 rings (SSSR count). The van der Waals surface area contributed by atoms with Crippen molar-refractivity contribution in [3.05, 3.63) is 28.0 Å². The molecular weight excluding hydrogens is 250 g/mol. The average Bonchev–Trinajstić information content (AvgIpc) is 3.03. The van der Waals surface area contributed by atoms with Crippen LogP contribution in [0.15, 0.2) is 17.5 Å². The summed E-state index contributed by atoms with van der Waals surface area (Å²) in [7, 11) is 0. The zero-order valence-electron chi connectivity index (χ0n) is 9.89. The number of hydrogen-bond donors (Lipinski definition) is 2. The lowest BCUT2D eigenvalue weighted by molar-refractivity contribution is -0.131. The van der Waals surface area contributed by atoms with Crippen LogP contribution in [0.1, 0.15) is 34.5 Å². The van der Waals surface area contributed by atoms with Crippen LogP contribution in [-0.4, -0.2) is 23.5 Å². The van der Waals surface area contributed by atoms with Crippen molar-refractivity contribution in [3.8, 4) is 0 Å². The van der Waals surface area contributed by atoms with Gasteiger partial charge >= 0.3 is 5.97 Å². The minimum absolute atomic E-state index is 0.115. The predicted molar refractivity (Wildman–Crippen MR) is 70.7 cm³/mol. The van der Waals surface area contributed by atoms with Crippen molar-refractivity contribution in [2.45, 2.75) is 19.3 Å². The van der Waals surface area contributed by atoms with Crippen molar-refractivity contribution < 1.29 is 14.7 Å². The van der Waals surface area contributed by atoms with Gasteiger partial charge in [0.15, 0.2) is 0 Å². The number of carbonyl (C=O) groups excluding carboxylic acids is 1. The number of rotatable bonds is 6. The largest absolute Gasteiger partial charge is 0.478 e. The molecule has 1 aliphatic rings. The van der Waals surface area contributed by atoms with Crippen molar-refractivity contribution in [2.24, 2.45) is 5.92 Å². The molecule has 0 aromatic carbocycles. The van der Waals surface area contributed by atoms with Gasteiger partial charge in [0.1, 0.15) is 0 Å². The summed E-state index contributed by atoms with van der Waals surface area (Å²) < 4.78 is 0. The molecule has 0 unspecified atom stereocenters. The highest BCUT2D eigenvalue weighted by Crippen LogP contribution is 2.31. The van der Waals surface area contributed by atoms with E-state index in [9.17, 15) is 9.59 Å². The first-order chi connectivity index (χ1) is 8.66.